The molecule has 6 heteroatoms. The number of rotatable bonds is 1. The highest BCUT2D eigenvalue weighted by Crippen LogP contribution is 2.38. The normalized spacial score (nSPS) is 20.8. The van der Waals surface area contributed by atoms with Crippen LogP contribution in [0.3, 0.4) is 0 Å². The molecule has 0 bridgehead atoms. The Kier molecular flexibility index (Phi) is 3.00. The van der Waals surface area contributed by atoms with Crippen LogP contribution in [-0.2, 0) is 9.59 Å². The SMILES string of the molecule is CC(=O)N1CCC2(CC1)C(=O)NN=C2c1cccnc1. The van der Waals surface area contributed by atoms with Crippen LogP contribution in [-0.4, -0.2) is 40.5 Å². The highest BCUT2D eigenvalue weighted by Gasteiger charge is 2.49. The van der Waals surface area contributed by atoms with Crippen molar-refractivity contribution in [3.8, 4) is 0 Å². The molecule has 1 N–H and O–H groups in total. The lowest BCUT2D eigenvalue weighted by molar-refractivity contribution is -0.135. The Morgan fingerprint density at radius 3 is 2.75 bits per heavy atom. The first-order valence-electron chi connectivity index (χ1n) is 6.68. The largest absolute Gasteiger partial charge is 0.343 e. The van der Waals surface area contributed by atoms with E-state index in [0.29, 0.717) is 25.9 Å². The predicted octanol–water partition coefficient (Wildman–Crippen LogP) is 0.544. The molecule has 3 rings (SSSR count). The minimum absolute atomic E-state index is 0.0538. The predicted molar refractivity (Wildman–Crippen MR) is 72.8 cm³/mol. The number of pyridine rings is 1. The number of likely N-dealkylation sites (tertiary alicyclic amines) is 1. The second kappa shape index (κ2) is 4.70. The van der Waals surface area contributed by atoms with E-state index < -0.39 is 5.41 Å². The maximum atomic E-state index is 12.3. The van der Waals surface area contributed by atoms with Crippen LogP contribution in [0.15, 0.2) is 29.6 Å². The molecule has 2 aliphatic rings. The summed E-state index contributed by atoms with van der Waals surface area (Å²) in [6.07, 6.45) is 4.62. The van der Waals surface area contributed by atoms with Crippen molar-refractivity contribution >= 4 is 17.5 Å². The minimum atomic E-state index is -0.616. The standard InChI is InChI=1S/C14H16N4O2/c1-10(19)18-7-4-14(5-8-18)12(16-17-13(14)20)11-3-2-6-15-9-11/h2-3,6,9H,4-5,7-8H2,1H3,(H,17,20). The zero-order chi connectivity index (χ0) is 14.2. The summed E-state index contributed by atoms with van der Waals surface area (Å²) in [5, 5.41) is 4.21. The fourth-order valence-corrected chi connectivity index (χ4v) is 2.94. The average molecular weight is 272 g/mol. The van der Waals surface area contributed by atoms with Crippen LogP contribution in [0.25, 0.3) is 0 Å². The van der Waals surface area contributed by atoms with E-state index in [0.717, 1.165) is 11.3 Å². The Bertz CT molecular complexity index is 574. The number of hydrazone groups is 1. The maximum absolute atomic E-state index is 12.3. The van der Waals surface area contributed by atoms with Gasteiger partial charge in [-0.2, -0.15) is 5.10 Å². The number of carbonyl (C=O) groups excluding carboxylic acids is 2. The summed E-state index contributed by atoms with van der Waals surface area (Å²) in [6.45, 7) is 2.73. The fraction of sp³-hybridized carbons (Fsp3) is 0.429. The molecule has 0 saturated carbocycles. The topological polar surface area (TPSA) is 74.7 Å². The van der Waals surface area contributed by atoms with E-state index >= 15 is 0 Å². The Morgan fingerprint density at radius 1 is 1.40 bits per heavy atom. The van der Waals surface area contributed by atoms with E-state index in [1.807, 2.05) is 12.1 Å². The molecule has 0 atom stereocenters. The molecule has 1 aromatic rings. The van der Waals surface area contributed by atoms with Crippen molar-refractivity contribution in [3.63, 3.8) is 0 Å². The molecular formula is C14H16N4O2. The van der Waals surface area contributed by atoms with Crippen molar-refractivity contribution in [1.29, 1.82) is 0 Å². The first-order chi connectivity index (χ1) is 9.63. The van der Waals surface area contributed by atoms with Gasteiger partial charge in [-0.3, -0.25) is 14.6 Å². The number of carbonyl (C=O) groups is 2. The molecule has 1 fully saturated rings. The molecule has 1 spiro atoms. The highest BCUT2D eigenvalue weighted by atomic mass is 16.2. The van der Waals surface area contributed by atoms with Crippen molar-refractivity contribution in [3.05, 3.63) is 30.1 Å². The van der Waals surface area contributed by atoms with E-state index in [9.17, 15) is 9.59 Å². The summed E-state index contributed by atoms with van der Waals surface area (Å²) in [6, 6.07) is 3.74. The van der Waals surface area contributed by atoms with E-state index in [1.54, 1.807) is 24.2 Å². The number of nitrogens with zero attached hydrogens (tertiary/aromatic N) is 3. The van der Waals surface area contributed by atoms with Crippen LogP contribution in [0.2, 0.25) is 0 Å². The lowest BCUT2D eigenvalue weighted by Gasteiger charge is -2.37. The van der Waals surface area contributed by atoms with Gasteiger partial charge in [-0.1, -0.05) is 0 Å². The minimum Gasteiger partial charge on any atom is -0.343 e. The molecule has 1 aromatic heterocycles. The van der Waals surface area contributed by atoms with Gasteiger partial charge >= 0.3 is 0 Å². The van der Waals surface area contributed by atoms with Gasteiger partial charge in [0.15, 0.2) is 0 Å². The van der Waals surface area contributed by atoms with Gasteiger partial charge in [0.1, 0.15) is 0 Å². The molecule has 2 amide bonds. The summed E-state index contributed by atoms with van der Waals surface area (Å²) in [7, 11) is 0. The summed E-state index contributed by atoms with van der Waals surface area (Å²) < 4.78 is 0. The molecule has 1 saturated heterocycles. The summed E-state index contributed by atoms with van der Waals surface area (Å²) in [5.74, 6) is -0.0160. The van der Waals surface area contributed by atoms with E-state index in [1.165, 1.54) is 0 Å². The molecule has 104 valence electrons. The zero-order valence-corrected chi connectivity index (χ0v) is 11.3. The third-order valence-electron chi connectivity index (χ3n) is 4.15. The number of hydrogen-bond donors (Lipinski definition) is 1. The molecule has 0 aromatic carbocycles. The van der Waals surface area contributed by atoms with Crippen LogP contribution in [0.5, 0.6) is 0 Å². The fourth-order valence-electron chi connectivity index (χ4n) is 2.94. The quantitative estimate of drug-likeness (QED) is 0.811. The number of nitrogens with one attached hydrogen (secondary N) is 1. The van der Waals surface area contributed by atoms with Crippen molar-refractivity contribution in [1.82, 2.24) is 15.3 Å². The van der Waals surface area contributed by atoms with Crippen LogP contribution in [0, 0.1) is 5.41 Å². The van der Waals surface area contributed by atoms with Gasteiger partial charge < -0.3 is 4.90 Å². The van der Waals surface area contributed by atoms with Gasteiger partial charge in [0, 0.05) is 38.0 Å². The molecule has 0 aliphatic carbocycles. The number of hydrogen-bond acceptors (Lipinski definition) is 4. The molecule has 6 nitrogen and oxygen atoms in total. The van der Waals surface area contributed by atoms with Gasteiger partial charge in [0.25, 0.3) is 5.91 Å². The van der Waals surface area contributed by atoms with Gasteiger partial charge in [0.05, 0.1) is 11.1 Å². The van der Waals surface area contributed by atoms with E-state index in [2.05, 4.69) is 15.5 Å². The monoisotopic (exact) mass is 272 g/mol. The molecule has 20 heavy (non-hydrogen) atoms. The van der Waals surface area contributed by atoms with Crippen LogP contribution in [0.4, 0.5) is 0 Å². The molecule has 0 unspecified atom stereocenters. The summed E-state index contributed by atoms with van der Waals surface area (Å²) in [5.41, 5.74) is 3.59. The third kappa shape index (κ3) is 1.88. The first-order valence-corrected chi connectivity index (χ1v) is 6.68. The lowest BCUT2D eigenvalue weighted by Crippen LogP contribution is -2.49. The van der Waals surface area contributed by atoms with Gasteiger partial charge in [-0.25, -0.2) is 5.43 Å². The highest BCUT2D eigenvalue weighted by molar-refractivity contribution is 6.19. The Morgan fingerprint density at radius 2 is 2.15 bits per heavy atom. The van der Waals surface area contributed by atoms with E-state index in [4.69, 9.17) is 0 Å². The molecule has 2 aliphatic heterocycles. The van der Waals surface area contributed by atoms with Crippen molar-refractivity contribution < 1.29 is 9.59 Å². The third-order valence-corrected chi connectivity index (χ3v) is 4.15. The first kappa shape index (κ1) is 12.8. The number of piperidine rings is 1. The van der Waals surface area contributed by atoms with Crippen LogP contribution in [0.1, 0.15) is 25.3 Å². The molecular weight excluding hydrogens is 256 g/mol. The van der Waals surface area contributed by atoms with E-state index in [-0.39, 0.29) is 11.8 Å². The molecule has 0 radical (unpaired) electrons. The van der Waals surface area contributed by atoms with Crippen molar-refractivity contribution in [2.24, 2.45) is 10.5 Å². The average Bonchev–Trinajstić information content (AvgIpc) is 2.78. The van der Waals surface area contributed by atoms with Crippen molar-refractivity contribution in [2.75, 3.05) is 13.1 Å². The Balaban J connectivity index is 1.90. The zero-order valence-electron chi connectivity index (χ0n) is 11.3. The van der Waals surface area contributed by atoms with Crippen LogP contribution >= 0.6 is 0 Å². The van der Waals surface area contributed by atoms with Gasteiger partial charge in [-0.15, -0.1) is 0 Å². The molecule has 3 heterocycles. The lowest BCUT2D eigenvalue weighted by atomic mass is 9.72. The Hall–Kier alpha value is -2.24. The summed E-state index contributed by atoms with van der Waals surface area (Å²) >= 11 is 0. The number of aromatic nitrogens is 1. The second-order valence-corrected chi connectivity index (χ2v) is 5.23. The van der Waals surface area contributed by atoms with Crippen molar-refractivity contribution in [2.45, 2.75) is 19.8 Å². The van der Waals surface area contributed by atoms with Gasteiger partial charge in [0.2, 0.25) is 5.91 Å². The van der Waals surface area contributed by atoms with Crippen LogP contribution < -0.4 is 5.43 Å². The summed E-state index contributed by atoms with van der Waals surface area (Å²) in [4.78, 5) is 29.5. The smallest absolute Gasteiger partial charge is 0.252 e. The maximum Gasteiger partial charge on any atom is 0.252 e. The van der Waals surface area contributed by atoms with Gasteiger partial charge in [-0.05, 0) is 25.0 Å². The Labute approximate surface area is 116 Å². The second-order valence-electron chi connectivity index (χ2n) is 5.23. The number of amides is 2.